The number of piperidine rings is 1. The van der Waals surface area contributed by atoms with Gasteiger partial charge in [-0.1, -0.05) is 0 Å². The second-order valence-electron chi connectivity index (χ2n) is 3.47. The van der Waals surface area contributed by atoms with Gasteiger partial charge in [0.05, 0.1) is 6.61 Å². The molecule has 0 aromatic heterocycles. The zero-order valence-corrected chi connectivity index (χ0v) is 5.89. The van der Waals surface area contributed by atoms with Crippen molar-refractivity contribution in [2.24, 2.45) is 5.41 Å². The standard InChI is InChI=1S/C7H12FNO/c8-6-3-9-2-1-7(6,4-9)5-10/h6,10H,1-5H2. The van der Waals surface area contributed by atoms with E-state index in [1.807, 2.05) is 0 Å². The van der Waals surface area contributed by atoms with Crippen LogP contribution in [0.25, 0.3) is 0 Å². The lowest BCUT2D eigenvalue weighted by atomic mass is 9.84. The molecular formula is C7H12FNO. The first-order valence-electron chi connectivity index (χ1n) is 3.74. The van der Waals surface area contributed by atoms with Gasteiger partial charge in [0, 0.05) is 18.5 Å². The second kappa shape index (κ2) is 1.92. The van der Waals surface area contributed by atoms with Crippen LogP contribution in [0.5, 0.6) is 0 Å². The predicted octanol–water partition coefficient (Wildman–Crippen LogP) is 0.0225. The third-order valence-corrected chi connectivity index (χ3v) is 2.86. The summed E-state index contributed by atoms with van der Waals surface area (Å²) in [4.78, 5) is 2.08. The molecule has 3 unspecified atom stereocenters. The van der Waals surface area contributed by atoms with Gasteiger partial charge in [-0.05, 0) is 13.0 Å². The average molecular weight is 145 g/mol. The maximum Gasteiger partial charge on any atom is 0.122 e. The van der Waals surface area contributed by atoms with Crippen molar-refractivity contribution in [1.29, 1.82) is 0 Å². The van der Waals surface area contributed by atoms with Gasteiger partial charge >= 0.3 is 0 Å². The van der Waals surface area contributed by atoms with Gasteiger partial charge < -0.3 is 5.11 Å². The summed E-state index contributed by atoms with van der Waals surface area (Å²) in [5, 5.41) is 8.95. The summed E-state index contributed by atoms with van der Waals surface area (Å²) in [6.45, 7) is 2.30. The van der Waals surface area contributed by atoms with Gasteiger partial charge in [0.2, 0.25) is 0 Å². The van der Waals surface area contributed by atoms with Crippen molar-refractivity contribution < 1.29 is 9.50 Å². The first-order valence-corrected chi connectivity index (χ1v) is 3.74. The number of hydrogen-bond acceptors (Lipinski definition) is 2. The normalized spacial score (nSPS) is 52.2. The largest absolute Gasteiger partial charge is 0.396 e. The molecule has 0 aromatic rings. The Morgan fingerprint density at radius 2 is 2.50 bits per heavy atom. The van der Waals surface area contributed by atoms with E-state index < -0.39 is 6.17 Å². The van der Waals surface area contributed by atoms with Gasteiger partial charge in [0.25, 0.3) is 0 Å². The van der Waals surface area contributed by atoms with Crippen LogP contribution >= 0.6 is 0 Å². The molecule has 2 heterocycles. The van der Waals surface area contributed by atoms with Crippen LogP contribution in [0, 0.1) is 5.41 Å². The summed E-state index contributed by atoms with van der Waals surface area (Å²) in [5.41, 5.74) is -0.375. The number of nitrogens with zero attached hydrogens (tertiary/aromatic N) is 1. The molecule has 10 heavy (non-hydrogen) atoms. The third-order valence-electron chi connectivity index (χ3n) is 2.86. The minimum absolute atomic E-state index is 0.0185. The number of hydrogen-bond donors (Lipinski definition) is 1. The van der Waals surface area contributed by atoms with E-state index in [1.54, 1.807) is 0 Å². The van der Waals surface area contributed by atoms with Gasteiger partial charge in [-0.25, -0.2) is 4.39 Å². The third kappa shape index (κ3) is 0.648. The highest BCUT2D eigenvalue weighted by Gasteiger charge is 2.51. The van der Waals surface area contributed by atoms with Crippen molar-refractivity contribution in [3.63, 3.8) is 0 Å². The van der Waals surface area contributed by atoms with E-state index in [1.165, 1.54) is 0 Å². The molecule has 0 radical (unpaired) electrons. The van der Waals surface area contributed by atoms with Gasteiger partial charge in [-0.15, -0.1) is 0 Å². The van der Waals surface area contributed by atoms with E-state index >= 15 is 0 Å². The highest BCUT2D eigenvalue weighted by molar-refractivity contribution is 5.02. The Labute approximate surface area is 59.6 Å². The Morgan fingerprint density at radius 3 is 2.80 bits per heavy atom. The molecule has 58 valence electrons. The second-order valence-corrected chi connectivity index (χ2v) is 3.47. The van der Waals surface area contributed by atoms with Gasteiger partial charge in [0.15, 0.2) is 0 Å². The lowest BCUT2D eigenvalue weighted by molar-refractivity contribution is 0.0702. The Kier molecular flexibility index (Phi) is 1.26. The molecule has 2 rings (SSSR count). The Balaban J connectivity index is 2.19. The average Bonchev–Trinajstić information content (AvgIpc) is 2.44. The van der Waals surface area contributed by atoms with Crippen molar-refractivity contribution >= 4 is 0 Å². The van der Waals surface area contributed by atoms with E-state index in [4.69, 9.17) is 5.11 Å². The van der Waals surface area contributed by atoms with E-state index in [9.17, 15) is 4.39 Å². The molecule has 2 aliphatic rings. The summed E-state index contributed by atoms with van der Waals surface area (Å²) >= 11 is 0. The Hall–Kier alpha value is -0.150. The van der Waals surface area contributed by atoms with Crippen molar-refractivity contribution in [1.82, 2.24) is 4.90 Å². The minimum atomic E-state index is -0.786. The van der Waals surface area contributed by atoms with Crippen LogP contribution in [0.4, 0.5) is 4.39 Å². The Bertz CT molecular complexity index is 153. The van der Waals surface area contributed by atoms with Gasteiger partial charge in [-0.3, -0.25) is 4.90 Å². The van der Waals surface area contributed by atoms with E-state index in [-0.39, 0.29) is 12.0 Å². The fourth-order valence-electron chi connectivity index (χ4n) is 2.04. The zero-order chi connectivity index (χ0) is 7.19. The van der Waals surface area contributed by atoms with Crippen molar-refractivity contribution in [3.8, 4) is 0 Å². The summed E-state index contributed by atoms with van der Waals surface area (Å²) in [7, 11) is 0. The van der Waals surface area contributed by atoms with Crippen LogP contribution < -0.4 is 0 Å². The first-order chi connectivity index (χ1) is 4.77. The zero-order valence-electron chi connectivity index (χ0n) is 5.89. The first kappa shape index (κ1) is 6.55. The van der Waals surface area contributed by atoms with Crippen LogP contribution in [-0.2, 0) is 0 Å². The highest BCUT2D eigenvalue weighted by Crippen LogP contribution is 2.41. The van der Waals surface area contributed by atoms with Crippen LogP contribution in [-0.4, -0.2) is 42.4 Å². The number of halogens is 1. The number of fused-ring (bicyclic) bond motifs is 2. The summed E-state index contributed by atoms with van der Waals surface area (Å²) in [5.74, 6) is 0. The highest BCUT2D eigenvalue weighted by atomic mass is 19.1. The summed E-state index contributed by atoms with van der Waals surface area (Å²) < 4.78 is 13.1. The van der Waals surface area contributed by atoms with Crippen LogP contribution in [0.1, 0.15) is 6.42 Å². The van der Waals surface area contributed by atoms with E-state index in [0.717, 1.165) is 19.5 Å². The monoisotopic (exact) mass is 145 g/mol. The molecule has 0 aromatic carbocycles. The molecular weight excluding hydrogens is 133 g/mol. The molecule has 2 fully saturated rings. The predicted molar refractivity (Wildman–Crippen MR) is 35.5 cm³/mol. The Morgan fingerprint density at radius 1 is 1.70 bits per heavy atom. The molecule has 0 saturated carbocycles. The van der Waals surface area contributed by atoms with Crippen LogP contribution in [0.15, 0.2) is 0 Å². The number of aliphatic hydroxyl groups is 1. The molecule has 0 aliphatic carbocycles. The summed E-state index contributed by atoms with van der Waals surface area (Å²) in [6.07, 6.45) is 0.0521. The van der Waals surface area contributed by atoms with Crippen molar-refractivity contribution in [2.45, 2.75) is 12.6 Å². The SMILES string of the molecule is OCC12CCN(CC1F)C2. The van der Waals surface area contributed by atoms with Crippen LogP contribution in [0.2, 0.25) is 0 Å². The molecule has 2 bridgehead atoms. The maximum atomic E-state index is 13.1. The topological polar surface area (TPSA) is 23.5 Å². The van der Waals surface area contributed by atoms with E-state index in [0.29, 0.717) is 6.54 Å². The van der Waals surface area contributed by atoms with Crippen molar-refractivity contribution in [2.75, 3.05) is 26.2 Å². The van der Waals surface area contributed by atoms with Crippen LogP contribution in [0.3, 0.4) is 0 Å². The molecule has 2 nitrogen and oxygen atoms in total. The van der Waals surface area contributed by atoms with E-state index in [2.05, 4.69) is 4.90 Å². The van der Waals surface area contributed by atoms with Gasteiger partial charge in [0.1, 0.15) is 6.17 Å². The van der Waals surface area contributed by atoms with Crippen molar-refractivity contribution in [3.05, 3.63) is 0 Å². The number of aliphatic hydroxyl groups excluding tert-OH is 1. The lowest BCUT2D eigenvalue weighted by Gasteiger charge is -2.25. The fourth-order valence-corrected chi connectivity index (χ4v) is 2.04. The number of alkyl halides is 1. The molecule has 2 aliphatic heterocycles. The molecule has 2 saturated heterocycles. The molecule has 0 amide bonds. The minimum Gasteiger partial charge on any atom is -0.396 e. The summed E-state index contributed by atoms with van der Waals surface area (Å²) in [6, 6.07) is 0. The molecule has 3 atom stereocenters. The smallest absolute Gasteiger partial charge is 0.122 e. The fraction of sp³-hybridized carbons (Fsp3) is 1.00. The molecule has 0 spiro atoms. The molecule has 3 heteroatoms. The van der Waals surface area contributed by atoms with Gasteiger partial charge in [-0.2, -0.15) is 0 Å². The molecule has 1 N–H and O–H groups in total. The number of rotatable bonds is 1. The maximum absolute atomic E-state index is 13.1. The lowest BCUT2D eigenvalue weighted by Crippen LogP contribution is -2.35. The quantitative estimate of drug-likeness (QED) is 0.562.